The van der Waals surface area contributed by atoms with Gasteiger partial charge in [0, 0.05) is 11.0 Å². The first-order valence-electron chi connectivity index (χ1n) is 5.91. The molecular formula is C15H14BrN. The van der Waals surface area contributed by atoms with Crippen molar-refractivity contribution in [1.29, 1.82) is 0 Å². The van der Waals surface area contributed by atoms with E-state index in [-0.39, 0.29) is 0 Å². The monoisotopic (exact) mass is 287 g/mol. The van der Waals surface area contributed by atoms with Crippen LogP contribution in [0.25, 0.3) is 0 Å². The maximum absolute atomic E-state index is 3.60. The SMILES string of the molecule is Brc1ccc2c(c1)C(c1ccccc1)NCC2. The van der Waals surface area contributed by atoms with Gasteiger partial charge in [0.25, 0.3) is 0 Å². The van der Waals surface area contributed by atoms with Gasteiger partial charge in [-0.1, -0.05) is 52.3 Å². The van der Waals surface area contributed by atoms with E-state index in [0.717, 1.165) is 17.4 Å². The molecule has 1 N–H and O–H groups in total. The normalized spacial score (nSPS) is 18.8. The number of halogens is 1. The molecule has 1 unspecified atom stereocenters. The van der Waals surface area contributed by atoms with E-state index < -0.39 is 0 Å². The topological polar surface area (TPSA) is 12.0 Å². The van der Waals surface area contributed by atoms with Gasteiger partial charge in [-0.05, 0) is 35.2 Å². The van der Waals surface area contributed by atoms with E-state index in [4.69, 9.17) is 0 Å². The molecule has 3 rings (SSSR count). The third-order valence-corrected chi connectivity index (χ3v) is 3.79. The summed E-state index contributed by atoms with van der Waals surface area (Å²) in [5.41, 5.74) is 4.20. The predicted molar refractivity (Wildman–Crippen MR) is 74.1 cm³/mol. The van der Waals surface area contributed by atoms with Crippen LogP contribution in [0.2, 0.25) is 0 Å². The largest absolute Gasteiger partial charge is 0.306 e. The number of rotatable bonds is 1. The van der Waals surface area contributed by atoms with Crippen LogP contribution in [0, 0.1) is 0 Å². The van der Waals surface area contributed by atoms with Gasteiger partial charge in [0.15, 0.2) is 0 Å². The summed E-state index contributed by atoms with van der Waals surface area (Å²) in [6, 6.07) is 17.6. The quantitative estimate of drug-likeness (QED) is 0.844. The summed E-state index contributed by atoms with van der Waals surface area (Å²) < 4.78 is 1.15. The van der Waals surface area contributed by atoms with E-state index in [1.807, 2.05) is 0 Å². The van der Waals surface area contributed by atoms with Gasteiger partial charge >= 0.3 is 0 Å². The van der Waals surface area contributed by atoms with Gasteiger partial charge in [-0.2, -0.15) is 0 Å². The number of benzene rings is 2. The molecule has 2 heteroatoms. The number of hydrogen-bond acceptors (Lipinski definition) is 1. The lowest BCUT2D eigenvalue weighted by molar-refractivity contribution is 0.567. The molecule has 1 atom stereocenters. The molecule has 2 aromatic carbocycles. The molecule has 0 radical (unpaired) electrons. The number of hydrogen-bond donors (Lipinski definition) is 1. The molecular weight excluding hydrogens is 274 g/mol. The highest BCUT2D eigenvalue weighted by Crippen LogP contribution is 2.30. The summed E-state index contributed by atoms with van der Waals surface area (Å²) in [6.07, 6.45) is 1.12. The molecule has 2 aromatic rings. The molecule has 0 aromatic heterocycles. The Morgan fingerprint density at radius 2 is 1.88 bits per heavy atom. The molecule has 1 heterocycles. The third-order valence-electron chi connectivity index (χ3n) is 3.29. The summed E-state index contributed by atoms with van der Waals surface area (Å²) in [6.45, 7) is 1.05. The zero-order valence-electron chi connectivity index (χ0n) is 9.49. The van der Waals surface area contributed by atoms with Crippen molar-refractivity contribution in [3.8, 4) is 0 Å². The Labute approximate surface area is 110 Å². The van der Waals surface area contributed by atoms with Crippen LogP contribution < -0.4 is 5.32 Å². The molecule has 86 valence electrons. The lowest BCUT2D eigenvalue weighted by Crippen LogP contribution is -2.30. The molecule has 0 spiro atoms. The predicted octanol–water partition coefficient (Wildman–Crippen LogP) is 3.68. The zero-order valence-corrected chi connectivity index (χ0v) is 11.1. The fourth-order valence-corrected chi connectivity index (χ4v) is 2.85. The van der Waals surface area contributed by atoms with Crippen molar-refractivity contribution in [2.75, 3.05) is 6.54 Å². The Kier molecular flexibility index (Phi) is 3.00. The summed E-state index contributed by atoms with van der Waals surface area (Å²) in [5.74, 6) is 0. The number of fused-ring (bicyclic) bond motifs is 1. The van der Waals surface area contributed by atoms with E-state index in [9.17, 15) is 0 Å². The molecule has 0 amide bonds. The van der Waals surface area contributed by atoms with Crippen molar-refractivity contribution < 1.29 is 0 Å². The first-order valence-corrected chi connectivity index (χ1v) is 6.70. The van der Waals surface area contributed by atoms with Gasteiger partial charge in [-0.3, -0.25) is 0 Å². The van der Waals surface area contributed by atoms with E-state index >= 15 is 0 Å². The van der Waals surface area contributed by atoms with Gasteiger partial charge in [-0.25, -0.2) is 0 Å². The van der Waals surface area contributed by atoms with Gasteiger partial charge < -0.3 is 5.32 Å². The van der Waals surface area contributed by atoms with Gasteiger partial charge in [0.05, 0.1) is 6.04 Å². The fraction of sp³-hybridized carbons (Fsp3) is 0.200. The Bertz CT molecular complexity index is 522. The van der Waals surface area contributed by atoms with Crippen molar-refractivity contribution in [3.63, 3.8) is 0 Å². The van der Waals surface area contributed by atoms with E-state index in [1.54, 1.807) is 0 Å². The standard InChI is InChI=1S/C15H14BrN/c16-13-7-6-11-8-9-17-15(14(11)10-13)12-4-2-1-3-5-12/h1-7,10,15,17H,8-9H2. The summed E-state index contributed by atoms with van der Waals surface area (Å²) >= 11 is 3.56. The molecule has 1 aliphatic rings. The van der Waals surface area contributed by atoms with Crippen LogP contribution in [-0.4, -0.2) is 6.54 Å². The van der Waals surface area contributed by atoms with Crippen LogP contribution in [0.15, 0.2) is 53.0 Å². The number of nitrogens with one attached hydrogen (secondary N) is 1. The second-order valence-electron chi connectivity index (χ2n) is 4.39. The van der Waals surface area contributed by atoms with Crippen LogP contribution in [0.4, 0.5) is 0 Å². The van der Waals surface area contributed by atoms with Crippen molar-refractivity contribution in [2.24, 2.45) is 0 Å². The van der Waals surface area contributed by atoms with Gasteiger partial charge in [0.2, 0.25) is 0 Å². The highest BCUT2D eigenvalue weighted by Gasteiger charge is 2.20. The van der Waals surface area contributed by atoms with E-state index in [2.05, 4.69) is 69.8 Å². The molecule has 1 aliphatic heterocycles. The maximum Gasteiger partial charge on any atom is 0.0579 e. The summed E-state index contributed by atoms with van der Waals surface area (Å²) in [5, 5.41) is 3.60. The minimum atomic E-state index is 0.331. The average Bonchev–Trinajstić information content (AvgIpc) is 2.39. The third kappa shape index (κ3) is 2.15. The van der Waals surface area contributed by atoms with Crippen molar-refractivity contribution >= 4 is 15.9 Å². The van der Waals surface area contributed by atoms with Crippen LogP contribution in [0.5, 0.6) is 0 Å². The smallest absolute Gasteiger partial charge is 0.0579 e. The molecule has 0 fully saturated rings. The lowest BCUT2D eigenvalue weighted by atomic mass is 9.90. The molecule has 0 saturated heterocycles. The van der Waals surface area contributed by atoms with Crippen molar-refractivity contribution in [3.05, 3.63) is 69.7 Å². The van der Waals surface area contributed by atoms with Gasteiger partial charge in [-0.15, -0.1) is 0 Å². The van der Waals surface area contributed by atoms with Crippen LogP contribution in [0.3, 0.4) is 0 Å². The van der Waals surface area contributed by atoms with Crippen molar-refractivity contribution in [2.45, 2.75) is 12.5 Å². The minimum absolute atomic E-state index is 0.331. The minimum Gasteiger partial charge on any atom is -0.306 e. The zero-order chi connectivity index (χ0) is 11.7. The van der Waals surface area contributed by atoms with Crippen molar-refractivity contribution in [1.82, 2.24) is 5.32 Å². The average molecular weight is 288 g/mol. The highest BCUT2D eigenvalue weighted by atomic mass is 79.9. The van der Waals surface area contributed by atoms with Crippen LogP contribution in [0.1, 0.15) is 22.7 Å². The Morgan fingerprint density at radius 1 is 1.06 bits per heavy atom. The molecule has 0 saturated carbocycles. The molecule has 1 nitrogen and oxygen atoms in total. The summed E-state index contributed by atoms with van der Waals surface area (Å²) in [4.78, 5) is 0. The highest BCUT2D eigenvalue weighted by molar-refractivity contribution is 9.10. The fourth-order valence-electron chi connectivity index (χ4n) is 2.47. The molecule has 0 bridgehead atoms. The first kappa shape index (κ1) is 11.0. The van der Waals surface area contributed by atoms with Gasteiger partial charge in [0.1, 0.15) is 0 Å². The van der Waals surface area contributed by atoms with Crippen LogP contribution >= 0.6 is 15.9 Å². The molecule has 17 heavy (non-hydrogen) atoms. The second kappa shape index (κ2) is 4.63. The lowest BCUT2D eigenvalue weighted by Gasteiger charge is -2.27. The Morgan fingerprint density at radius 3 is 2.71 bits per heavy atom. The second-order valence-corrected chi connectivity index (χ2v) is 5.31. The molecule has 0 aliphatic carbocycles. The Hall–Kier alpha value is -1.12. The Balaban J connectivity index is 2.08. The summed E-state index contributed by atoms with van der Waals surface area (Å²) in [7, 11) is 0. The first-order chi connectivity index (χ1) is 8.34. The van der Waals surface area contributed by atoms with E-state index in [1.165, 1.54) is 16.7 Å². The maximum atomic E-state index is 3.60. The van der Waals surface area contributed by atoms with E-state index in [0.29, 0.717) is 6.04 Å². The van der Waals surface area contributed by atoms with Crippen LogP contribution in [-0.2, 0) is 6.42 Å².